The third-order valence-electron chi connectivity index (χ3n) is 4.93. The van der Waals surface area contributed by atoms with Crippen molar-refractivity contribution in [1.82, 2.24) is 9.55 Å². The predicted octanol–water partition coefficient (Wildman–Crippen LogP) is 3.92. The Morgan fingerprint density at radius 1 is 1.18 bits per heavy atom. The minimum Gasteiger partial charge on any atom is -0.477 e. The molecule has 0 bridgehead atoms. The van der Waals surface area contributed by atoms with Crippen LogP contribution >= 0.6 is 11.3 Å². The highest BCUT2D eigenvalue weighted by Crippen LogP contribution is 2.27. The maximum Gasteiger partial charge on any atom is 0.346 e. The number of ketones is 1. The summed E-state index contributed by atoms with van der Waals surface area (Å²) < 4.78 is 1.40. The second-order valence-electron chi connectivity index (χ2n) is 6.93. The highest BCUT2D eigenvalue weighted by Gasteiger charge is 2.22. The summed E-state index contributed by atoms with van der Waals surface area (Å²) in [6, 6.07) is 5.48. The van der Waals surface area contributed by atoms with Gasteiger partial charge in [-0.25, -0.2) is 9.78 Å². The fourth-order valence-corrected chi connectivity index (χ4v) is 4.22. The molecule has 0 saturated carbocycles. The standard InChI is InChI=1S/C21H22N2O4S/c1-5-6-16-22-19-17(13(4)18(28-19)21(26)27)20(25)23(16)10-15(24)14-8-7-11(2)12(3)9-14/h7-9H,5-6,10H2,1-4H3,(H,26,27). The zero-order valence-corrected chi connectivity index (χ0v) is 17.1. The SMILES string of the molecule is CCCc1nc2sc(C(=O)O)c(C)c2c(=O)n1CC(=O)c1ccc(C)c(C)c1. The Bertz CT molecular complexity index is 1160. The molecule has 1 N–H and O–H groups in total. The number of Topliss-reactive ketones (excluding diaryl/α,β-unsaturated/α-hetero) is 1. The summed E-state index contributed by atoms with van der Waals surface area (Å²) in [5, 5.41) is 9.65. The van der Waals surface area contributed by atoms with Crippen molar-refractivity contribution < 1.29 is 14.7 Å². The Balaban J connectivity index is 2.14. The first-order chi connectivity index (χ1) is 13.2. The lowest BCUT2D eigenvalue weighted by molar-refractivity contribution is 0.0701. The number of carbonyl (C=O) groups excluding carboxylic acids is 1. The summed E-state index contributed by atoms with van der Waals surface area (Å²) in [5.41, 5.74) is 2.71. The number of nitrogens with zero attached hydrogens (tertiary/aromatic N) is 2. The monoisotopic (exact) mass is 398 g/mol. The molecule has 0 aliphatic heterocycles. The topological polar surface area (TPSA) is 89.3 Å². The van der Waals surface area contributed by atoms with Gasteiger partial charge in [0.05, 0.1) is 11.9 Å². The zero-order valence-electron chi connectivity index (χ0n) is 16.3. The molecular weight excluding hydrogens is 376 g/mol. The Morgan fingerprint density at radius 3 is 2.50 bits per heavy atom. The Labute approximate surface area is 166 Å². The van der Waals surface area contributed by atoms with E-state index in [-0.39, 0.29) is 28.2 Å². The maximum absolute atomic E-state index is 13.2. The van der Waals surface area contributed by atoms with Crippen molar-refractivity contribution in [1.29, 1.82) is 0 Å². The summed E-state index contributed by atoms with van der Waals surface area (Å²) in [6.07, 6.45) is 1.29. The minimum absolute atomic E-state index is 0.111. The zero-order chi connectivity index (χ0) is 20.6. The molecule has 28 heavy (non-hydrogen) atoms. The van der Waals surface area contributed by atoms with Crippen molar-refractivity contribution in [3.05, 3.63) is 61.5 Å². The number of rotatable bonds is 6. The number of fused-ring (bicyclic) bond motifs is 1. The number of benzene rings is 1. The summed E-state index contributed by atoms with van der Waals surface area (Å²) in [6.45, 7) is 7.38. The van der Waals surface area contributed by atoms with E-state index >= 15 is 0 Å². The van der Waals surface area contributed by atoms with E-state index in [1.54, 1.807) is 13.0 Å². The van der Waals surface area contributed by atoms with Gasteiger partial charge in [0.15, 0.2) is 5.78 Å². The molecule has 6 nitrogen and oxygen atoms in total. The van der Waals surface area contributed by atoms with Crippen molar-refractivity contribution in [2.45, 2.75) is 47.1 Å². The summed E-state index contributed by atoms with van der Waals surface area (Å²) in [4.78, 5) is 42.5. The van der Waals surface area contributed by atoms with Gasteiger partial charge in [-0.3, -0.25) is 14.2 Å². The molecule has 146 valence electrons. The van der Waals surface area contributed by atoms with Crippen molar-refractivity contribution in [3.8, 4) is 0 Å². The number of hydrogen-bond acceptors (Lipinski definition) is 5. The molecule has 0 saturated heterocycles. The number of hydrogen-bond donors (Lipinski definition) is 1. The normalized spacial score (nSPS) is 11.1. The van der Waals surface area contributed by atoms with Gasteiger partial charge in [0.1, 0.15) is 15.5 Å². The smallest absolute Gasteiger partial charge is 0.346 e. The molecule has 2 aromatic heterocycles. The quantitative estimate of drug-likeness (QED) is 0.636. The van der Waals surface area contributed by atoms with Crippen LogP contribution in [-0.4, -0.2) is 26.4 Å². The van der Waals surface area contributed by atoms with Gasteiger partial charge in [0.25, 0.3) is 5.56 Å². The highest BCUT2D eigenvalue weighted by atomic mass is 32.1. The number of aryl methyl sites for hydroxylation is 4. The van der Waals surface area contributed by atoms with Crippen LogP contribution in [0.1, 0.15) is 55.9 Å². The van der Waals surface area contributed by atoms with Crippen molar-refractivity contribution >= 4 is 33.3 Å². The van der Waals surface area contributed by atoms with E-state index in [4.69, 9.17) is 0 Å². The molecule has 0 aliphatic rings. The van der Waals surface area contributed by atoms with Crippen LogP contribution < -0.4 is 5.56 Å². The van der Waals surface area contributed by atoms with Crippen LogP contribution in [0.3, 0.4) is 0 Å². The number of aromatic nitrogens is 2. The lowest BCUT2D eigenvalue weighted by Gasteiger charge is -2.12. The van der Waals surface area contributed by atoms with Gasteiger partial charge in [0.2, 0.25) is 0 Å². The van der Waals surface area contributed by atoms with E-state index in [2.05, 4.69) is 4.98 Å². The first-order valence-corrected chi connectivity index (χ1v) is 9.92. The van der Waals surface area contributed by atoms with E-state index in [1.807, 2.05) is 32.9 Å². The second kappa shape index (κ2) is 7.67. The first kappa shape index (κ1) is 19.9. The first-order valence-electron chi connectivity index (χ1n) is 9.11. The fraction of sp³-hybridized carbons (Fsp3) is 0.333. The molecule has 0 fully saturated rings. The molecule has 7 heteroatoms. The molecule has 3 aromatic rings. The highest BCUT2D eigenvalue weighted by molar-refractivity contribution is 7.20. The average Bonchev–Trinajstić information content (AvgIpc) is 2.97. The third kappa shape index (κ3) is 3.49. The van der Waals surface area contributed by atoms with Crippen LogP contribution in [0.4, 0.5) is 0 Å². The fourth-order valence-electron chi connectivity index (χ4n) is 3.19. The molecule has 2 heterocycles. The lowest BCUT2D eigenvalue weighted by Crippen LogP contribution is -2.28. The molecular formula is C21H22N2O4S. The Hall–Kier alpha value is -2.80. The second-order valence-corrected chi connectivity index (χ2v) is 7.93. The lowest BCUT2D eigenvalue weighted by atomic mass is 10.0. The molecule has 0 radical (unpaired) electrons. The number of aromatic carboxylic acids is 1. The van der Waals surface area contributed by atoms with E-state index in [0.717, 1.165) is 28.9 Å². The summed E-state index contributed by atoms with van der Waals surface area (Å²) in [5.74, 6) is -0.736. The van der Waals surface area contributed by atoms with Crippen LogP contribution in [0.25, 0.3) is 10.2 Å². The van der Waals surface area contributed by atoms with E-state index < -0.39 is 5.97 Å². The van der Waals surface area contributed by atoms with E-state index in [1.165, 1.54) is 4.57 Å². The number of carbonyl (C=O) groups is 2. The summed E-state index contributed by atoms with van der Waals surface area (Å²) in [7, 11) is 0. The van der Waals surface area contributed by atoms with Gasteiger partial charge in [-0.2, -0.15) is 0 Å². The predicted molar refractivity (Wildman–Crippen MR) is 110 cm³/mol. The average molecular weight is 398 g/mol. The Morgan fingerprint density at radius 2 is 1.89 bits per heavy atom. The molecule has 0 spiro atoms. The van der Waals surface area contributed by atoms with Crippen molar-refractivity contribution in [2.75, 3.05) is 0 Å². The van der Waals surface area contributed by atoms with Crippen LogP contribution in [0.15, 0.2) is 23.0 Å². The van der Waals surface area contributed by atoms with Gasteiger partial charge < -0.3 is 5.11 Å². The molecule has 0 amide bonds. The van der Waals surface area contributed by atoms with Gasteiger partial charge in [0, 0.05) is 12.0 Å². The van der Waals surface area contributed by atoms with Crippen LogP contribution in [0, 0.1) is 20.8 Å². The van der Waals surface area contributed by atoms with Crippen LogP contribution in [0.5, 0.6) is 0 Å². The largest absolute Gasteiger partial charge is 0.477 e. The van der Waals surface area contributed by atoms with E-state index in [0.29, 0.717) is 28.2 Å². The molecule has 0 unspecified atom stereocenters. The van der Waals surface area contributed by atoms with Gasteiger partial charge in [-0.1, -0.05) is 19.1 Å². The maximum atomic E-state index is 13.2. The van der Waals surface area contributed by atoms with Gasteiger partial charge in [-0.15, -0.1) is 11.3 Å². The number of thiophene rings is 1. The number of carboxylic acid groups (broad SMARTS) is 1. The summed E-state index contributed by atoms with van der Waals surface area (Å²) >= 11 is 1.00. The number of carboxylic acids is 1. The van der Waals surface area contributed by atoms with Crippen molar-refractivity contribution in [2.24, 2.45) is 0 Å². The molecule has 0 atom stereocenters. The van der Waals surface area contributed by atoms with Gasteiger partial charge >= 0.3 is 5.97 Å². The molecule has 1 aromatic carbocycles. The third-order valence-corrected chi connectivity index (χ3v) is 6.10. The van der Waals surface area contributed by atoms with Gasteiger partial charge in [-0.05, 0) is 49.9 Å². The Kier molecular flexibility index (Phi) is 5.47. The van der Waals surface area contributed by atoms with Crippen LogP contribution in [-0.2, 0) is 13.0 Å². The molecule has 0 aliphatic carbocycles. The molecule has 3 rings (SSSR count). The van der Waals surface area contributed by atoms with E-state index in [9.17, 15) is 19.5 Å². The van der Waals surface area contributed by atoms with Crippen LogP contribution in [0.2, 0.25) is 0 Å². The minimum atomic E-state index is -1.07. The van der Waals surface area contributed by atoms with Crippen molar-refractivity contribution in [3.63, 3.8) is 0 Å².